The lowest BCUT2D eigenvalue weighted by Crippen LogP contribution is -2.21. The number of rotatable bonds is 0. The molecule has 0 aromatic carbocycles. The molecule has 1 aliphatic heterocycles. The first-order valence-electron chi connectivity index (χ1n) is 5.62. The summed E-state index contributed by atoms with van der Waals surface area (Å²) in [6.07, 6.45) is 2.52. The van der Waals surface area contributed by atoms with E-state index < -0.39 is 0 Å². The SMILES string of the molecule is CC1(C)CC2CNCCc3sc(Br)c1c32. The molecule has 1 aromatic heterocycles. The molecule has 15 heavy (non-hydrogen) atoms. The first-order chi connectivity index (χ1) is 7.09. The normalized spacial score (nSPS) is 27.5. The highest BCUT2D eigenvalue weighted by Gasteiger charge is 2.41. The summed E-state index contributed by atoms with van der Waals surface area (Å²) in [5.41, 5.74) is 3.66. The zero-order valence-electron chi connectivity index (χ0n) is 9.19. The van der Waals surface area contributed by atoms with Crippen molar-refractivity contribution in [3.8, 4) is 0 Å². The highest BCUT2D eigenvalue weighted by Crippen LogP contribution is 2.53. The molecule has 0 fully saturated rings. The monoisotopic (exact) mass is 285 g/mol. The molecule has 0 bridgehead atoms. The number of halogens is 1. The second-order valence-corrected chi connectivity index (χ2v) is 7.75. The van der Waals surface area contributed by atoms with Gasteiger partial charge in [-0.05, 0) is 57.8 Å². The largest absolute Gasteiger partial charge is 0.316 e. The first kappa shape index (κ1) is 10.3. The molecular weight excluding hydrogens is 270 g/mol. The summed E-state index contributed by atoms with van der Waals surface area (Å²) in [7, 11) is 0. The number of thiophene rings is 1. The van der Waals surface area contributed by atoms with Crippen LogP contribution in [0.3, 0.4) is 0 Å². The summed E-state index contributed by atoms with van der Waals surface area (Å²) in [5.74, 6) is 0.759. The van der Waals surface area contributed by atoms with Crippen molar-refractivity contribution in [2.45, 2.75) is 38.0 Å². The van der Waals surface area contributed by atoms with Crippen molar-refractivity contribution in [2.24, 2.45) is 0 Å². The molecule has 1 unspecified atom stereocenters. The van der Waals surface area contributed by atoms with Crippen molar-refractivity contribution >= 4 is 27.3 Å². The second-order valence-electron chi connectivity index (χ2n) is 5.33. The fraction of sp³-hybridized carbons (Fsp3) is 0.667. The van der Waals surface area contributed by atoms with Gasteiger partial charge in [0.25, 0.3) is 0 Å². The van der Waals surface area contributed by atoms with Crippen molar-refractivity contribution in [3.63, 3.8) is 0 Å². The minimum Gasteiger partial charge on any atom is -0.316 e. The topological polar surface area (TPSA) is 12.0 Å². The highest BCUT2D eigenvalue weighted by molar-refractivity contribution is 9.11. The number of hydrogen-bond donors (Lipinski definition) is 1. The average molecular weight is 286 g/mol. The van der Waals surface area contributed by atoms with Crippen LogP contribution in [0.2, 0.25) is 0 Å². The smallest absolute Gasteiger partial charge is 0.0741 e. The van der Waals surface area contributed by atoms with Crippen LogP contribution < -0.4 is 5.32 Å². The Morgan fingerprint density at radius 3 is 3.07 bits per heavy atom. The maximum atomic E-state index is 3.76. The van der Waals surface area contributed by atoms with E-state index >= 15 is 0 Å². The predicted octanol–water partition coefficient (Wildman–Crippen LogP) is 3.42. The van der Waals surface area contributed by atoms with Gasteiger partial charge >= 0.3 is 0 Å². The summed E-state index contributed by atoms with van der Waals surface area (Å²) in [5, 5.41) is 3.56. The predicted molar refractivity (Wildman–Crippen MR) is 69.0 cm³/mol. The van der Waals surface area contributed by atoms with E-state index in [1.807, 2.05) is 11.3 Å². The Morgan fingerprint density at radius 1 is 1.47 bits per heavy atom. The number of hydrogen-bond acceptors (Lipinski definition) is 2. The van der Waals surface area contributed by atoms with Crippen molar-refractivity contribution < 1.29 is 0 Å². The maximum Gasteiger partial charge on any atom is 0.0741 e. The summed E-state index contributed by atoms with van der Waals surface area (Å²) in [6.45, 7) is 7.09. The van der Waals surface area contributed by atoms with E-state index in [0.29, 0.717) is 5.41 Å². The summed E-state index contributed by atoms with van der Waals surface area (Å²) < 4.78 is 1.39. The summed E-state index contributed by atoms with van der Waals surface area (Å²) in [4.78, 5) is 1.62. The minimum atomic E-state index is 0.368. The zero-order valence-corrected chi connectivity index (χ0v) is 11.6. The molecule has 0 saturated heterocycles. The molecule has 0 saturated carbocycles. The van der Waals surface area contributed by atoms with Gasteiger partial charge in [-0.3, -0.25) is 0 Å². The zero-order chi connectivity index (χ0) is 10.6. The van der Waals surface area contributed by atoms with Gasteiger partial charge in [-0.25, -0.2) is 0 Å². The lowest BCUT2D eigenvalue weighted by Gasteiger charge is -2.19. The fourth-order valence-electron chi connectivity index (χ4n) is 3.18. The molecular formula is C12H16BrNS. The molecule has 82 valence electrons. The maximum absolute atomic E-state index is 3.76. The van der Waals surface area contributed by atoms with Gasteiger partial charge in [0.2, 0.25) is 0 Å². The summed E-state index contributed by atoms with van der Waals surface area (Å²) >= 11 is 5.73. The molecule has 1 N–H and O–H groups in total. The fourth-order valence-corrected chi connectivity index (χ4v) is 5.80. The van der Waals surface area contributed by atoms with Crippen molar-refractivity contribution in [2.75, 3.05) is 13.1 Å². The lowest BCUT2D eigenvalue weighted by molar-refractivity contribution is 0.461. The third-order valence-electron chi connectivity index (χ3n) is 3.74. The number of nitrogens with one attached hydrogen (secondary N) is 1. The average Bonchev–Trinajstić information content (AvgIpc) is 2.53. The van der Waals surface area contributed by atoms with E-state index in [2.05, 4.69) is 35.1 Å². The van der Waals surface area contributed by atoms with Crippen LogP contribution in [-0.2, 0) is 11.8 Å². The third-order valence-corrected chi connectivity index (χ3v) is 5.68. The van der Waals surface area contributed by atoms with Crippen LogP contribution >= 0.6 is 27.3 Å². The molecule has 3 rings (SSSR count). The van der Waals surface area contributed by atoms with E-state index in [-0.39, 0.29) is 0 Å². The van der Waals surface area contributed by atoms with E-state index in [4.69, 9.17) is 0 Å². The van der Waals surface area contributed by atoms with Crippen LogP contribution in [0.25, 0.3) is 0 Å². The van der Waals surface area contributed by atoms with Crippen LogP contribution in [0.5, 0.6) is 0 Å². The summed E-state index contributed by atoms with van der Waals surface area (Å²) in [6, 6.07) is 0. The van der Waals surface area contributed by atoms with E-state index in [1.165, 1.54) is 23.2 Å². The Hall–Kier alpha value is 0.140. The lowest BCUT2D eigenvalue weighted by atomic mass is 9.87. The van der Waals surface area contributed by atoms with Crippen LogP contribution in [0.1, 0.15) is 42.2 Å². The van der Waals surface area contributed by atoms with Crippen LogP contribution in [0.15, 0.2) is 3.79 Å². The quantitative estimate of drug-likeness (QED) is 0.770. The molecule has 1 aromatic rings. The Kier molecular flexibility index (Phi) is 2.28. The third kappa shape index (κ3) is 1.43. The van der Waals surface area contributed by atoms with Gasteiger partial charge < -0.3 is 5.32 Å². The molecule has 0 spiro atoms. The van der Waals surface area contributed by atoms with Gasteiger partial charge in [-0.15, -0.1) is 11.3 Å². The van der Waals surface area contributed by atoms with E-state index in [0.717, 1.165) is 12.5 Å². The molecule has 3 heteroatoms. The van der Waals surface area contributed by atoms with Gasteiger partial charge in [0.05, 0.1) is 3.79 Å². The van der Waals surface area contributed by atoms with Crippen LogP contribution in [-0.4, -0.2) is 13.1 Å². The molecule has 0 radical (unpaired) electrons. The Bertz CT molecular complexity index is 408. The molecule has 1 aliphatic carbocycles. The molecule has 2 aliphatic rings. The Balaban J connectivity index is 2.21. The van der Waals surface area contributed by atoms with Gasteiger partial charge in [0, 0.05) is 11.4 Å². The molecule has 2 heterocycles. The molecule has 0 amide bonds. The first-order valence-corrected chi connectivity index (χ1v) is 7.23. The second kappa shape index (κ2) is 3.31. The highest BCUT2D eigenvalue weighted by atomic mass is 79.9. The molecule has 1 atom stereocenters. The van der Waals surface area contributed by atoms with Gasteiger partial charge in [0.1, 0.15) is 0 Å². The minimum absolute atomic E-state index is 0.368. The van der Waals surface area contributed by atoms with Gasteiger partial charge in [-0.2, -0.15) is 0 Å². The van der Waals surface area contributed by atoms with Crippen LogP contribution in [0.4, 0.5) is 0 Å². The van der Waals surface area contributed by atoms with E-state index in [9.17, 15) is 0 Å². The van der Waals surface area contributed by atoms with Crippen molar-refractivity contribution in [1.82, 2.24) is 5.32 Å². The Labute approximate surface area is 103 Å². The Morgan fingerprint density at radius 2 is 2.27 bits per heavy atom. The molecule has 1 nitrogen and oxygen atoms in total. The van der Waals surface area contributed by atoms with Crippen LogP contribution in [0, 0.1) is 0 Å². The van der Waals surface area contributed by atoms with Crippen molar-refractivity contribution in [3.05, 3.63) is 19.8 Å². The van der Waals surface area contributed by atoms with Gasteiger partial charge in [-0.1, -0.05) is 13.8 Å². The van der Waals surface area contributed by atoms with Crippen molar-refractivity contribution in [1.29, 1.82) is 0 Å². The van der Waals surface area contributed by atoms with E-state index in [1.54, 1.807) is 16.0 Å². The van der Waals surface area contributed by atoms with Gasteiger partial charge in [0.15, 0.2) is 0 Å². The standard InChI is InChI=1S/C12H16BrNS/c1-12(2)5-7-6-14-4-3-8-9(7)10(12)11(13)15-8/h7,14H,3-6H2,1-2H3.